The second kappa shape index (κ2) is 10.3. The van der Waals surface area contributed by atoms with Gasteiger partial charge in [-0.05, 0) is 49.6 Å². The molecule has 1 atom stereocenters. The Morgan fingerprint density at radius 1 is 1.16 bits per heavy atom. The molecule has 1 amide bonds. The minimum Gasteiger partial charge on any atom is -0.497 e. The number of carbonyl (C=O) groups is 1. The smallest absolute Gasteiger partial charge is 0.254 e. The zero-order valence-corrected chi connectivity index (χ0v) is 18.8. The molecule has 31 heavy (non-hydrogen) atoms. The van der Waals surface area contributed by atoms with Crippen molar-refractivity contribution >= 4 is 5.91 Å². The van der Waals surface area contributed by atoms with Crippen LogP contribution in [-0.2, 0) is 11.3 Å². The number of hydrogen-bond donors (Lipinski definition) is 0. The van der Waals surface area contributed by atoms with Crippen molar-refractivity contribution in [3.05, 3.63) is 65.2 Å². The van der Waals surface area contributed by atoms with Gasteiger partial charge in [0.15, 0.2) is 0 Å². The number of nitrogens with zero attached hydrogens (tertiary/aromatic N) is 2. The largest absolute Gasteiger partial charge is 0.497 e. The maximum Gasteiger partial charge on any atom is 0.254 e. The van der Waals surface area contributed by atoms with Crippen molar-refractivity contribution in [2.75, 3.05) is 33.4 Å². The summed E-state index contributed by atoms with van der Waals surface area (Å²) < 4.78 is 11.5. The number of rotatable bonds is 7. The molecule has 1 heterocycles. The summed E-state index contributed by atoms with van der Waals surface area (Å²) in [4.78, 5) is 17.9. The first-order valence-electron chi connectivity index (χ1n) is 11.5. The number of methoxy groups -OCH3 is 1. The van der Waals surface area contributed by atoms with E-state index in [0.29, 0.717) is 19.2 Å². The highest BCUT2D eigenvalue weighted by molar-refractivity contribution is 5.94. The molecule has 2 aliphatic rings. The summed E-state index contributed by atoms with van der Waals surface area (Å²) in [5.74, 6) is 1.03. The minimum absolute atomic E-state index is 0.0364. The lowest BCUT2D eigenvalue weighted by Gasteiger charge is -2.38. The molecule has 0 bridgehead atoms. The van der Waals surface area contributed by atoms with E-state index in [-0.39, 0.29) is 12.0 Å². The van der Waals surface area contributed by atoms with E-state index in [4.69, 9.17) is 9.47 Å². The van der Waals surface area contributed by atoms with Crippen LogP contribution in [0.5, 0.6) is 5.75 Å². The second-order valence-electron chi connectivity index (χ2n) is 8.84. The predicted octanol–water partition coefficient (Wildman–Crippen LogP) is 4.29. The van der Waals surface area contributed by atoms with Gasteiger partial charge in [-0.15, -0.1) is 0 Å². The molecule has 2 fully saturated rings. The van der Waals surface area contributed by atoms with E-state index in [9.17, 15) is 4.79 Å². The van der Waals surface area contributed by atoms with Crippen molar-refractivity contribution in [3.8, 4) is 5.75 Å². The summed E-state index contributed by atoms with van der Waals surface area (Å²) in [6, 6.07) is 16.5. The van der Waals surface area contributed by atoms with E-state index in [0.717, 1.165) is 43.8 Å². The van der Waals surface area contributed by atoms with Gasteiger partial charge in [-0.2, -0.15) is 0 Å². The predicted molar refractivity (Wildman–Crippen MR) is 122 cm³/mol. The molecule has 5 nitrogen and oxygen atoms in total. The lowest BCUT2D eigenvalue weighted by atomic mass is 10.1. The fraction of sp³-hybridized carbons (Fsp3) is 0.500. The quantitative estimate of drug-likeness (QED) is 0.668. The van der Waals surface area contributed by atoms with Gasteiger partial charge in [-0.1, -0.05) is 42.7 Å². The van der Waals surface area contributed by atoms with Gasteiger partial charge in [-0.25, -0.2) is 0 Å². The number of aryl methyl sites for hydroxylation is 1. The van der Waals surface area contributed by atoms with Gasteiger partial charge in [-0.3, -0.25) is 9.69 Å². The molecule has 5 heteroatoms. The van der Waals surface area contributed by atoms with Crippen molar-refractivity contribution in [2.24, 2.45) is 0 Å². The van der Waals surface area contributed by atoms with Crippen molar-refractivity contribution < 1.29 is 14.3 Å². The average Bonchev–Trinajstić information content (AvgIpc) is 3.32. The minimum atomic E-state index is 0.0364. The highest BCUT2D eigenvalue weighted by atomic mass is 16.5. The third-order valence-corrected chi connectivity index (χ3v) is 6.49. The van der Waals surface area contributed by atoms with Crippen LogP contribution >= 0.6 is 0 Å². The van der Waals surface area contributed by atoms with Crippen molar-refractivity contribution in [1.29, 1.82) is 0 Å². The average molecular weight is 423 g/mol. The molecule has 1 saturated carbocycles. The van der Waals surface area contributed by atoms with Crippen LogP contribution in [0.1, 0.15) is 47.2 Å². The zero-order valence-electron chi connectivity index (χ0n) is 18.8. The van der Waals surface area contributed by atoms with Gasteiger partial charge in [0.25, 0.3) is 5.91 Å². The van der Waals surface area contributed by atoms with Gasteiger partial charge < -0.3 is 14.4 Å². The number of hydrogen-bond acceptors (Lipinski definition) is 4. The van der Waals surface area contributed by atoms with Crippen LogP contribution in [0, 0.1) is 6.92 Å². The van der Waals surface area contributed by atoms with E-state index in [1.54, 1.807) is 7.11 Å². The fourth-order valence-electron chi connectivity index (χ4n) is 4.76. The topological polar surface area (TPSA) is 42.0 Å². The highest BCUT2D eigenvalue weighted by Crippen LogP contribution is 2.26. The Hall–Kier alpha value is -2.37. The Kier molecular flexibility index (Phi) is 7.25. The summed E-state index contributed by atoms with van der Waals surface area (Å²) >= 11 is 0. The number of morpholine rings is 1. The first kappa shape index (κ1) is 21.8. The van der Waals surface area contributed by atoms with Crippen molar-refractivity contribution in [3.63, 3.8) is 0 Å². The zero-order chi connectivity index (χ0) is 21.6. The molecule has 0 spiro atoms. The van der Waals surface area contributed by atoms with Crippen LogP contribution in [0.4, 0.5) is 0 Å². The van der Waals surface area contributed by atoms with Gasteiger partial charge in [0.05, 0.1) is 19.8 Å². The number of benzene rings is 2. The third-order valence-electron chi connectivity index (χ3n) is 6.49. The third kappa shape index (κ3) is 5.66. The lowest BCUT2D eigenvalue weighted by Crippen LogP contribution is -2.50. The molecule has 4 rings (SSSR count). The summed E-state index contributed by atoms with van der Waals surface area (Å²) in [6.07, 6.45) is 4.64. The van der Waals surface area contributed by atoms with E-state index in [2.05, 4.69) is 28.9 Å². The van der Waals surface area contributed by atoms with Crippen molar-refractivity contribution in [1.82, 2.24) is 9.80 Å². The summed E-state index contributed by atoms with van der Waals surface area (Å²) in [5.41, 5.74) is 3.19. The number of carbonyl (C=O) groups excluding carboxylic acids is 1. The van der Waals surface area contributed by atoms with Crippen LogP contribution in [-0.4, -0.2) is 61.2 Å². The summed E-state index contributed by atoms with van der Waals surface area (Å²) in [6.45, 7) is 6.02. The van der Waals surface area contributed by atoms with Gasteiger partial charge >= 0.3 is 0 Å². The summed E-state index contributed by atoms with van der Waals surface area (Å²) in [5, 5.41) is 0. The van der Waals surface area contributed by atoms with Gasteiger partial charge in [0.2, 0.25) is 0 Å². The molecule has 1 aliphatic carbocycles. The molecule has 2 aromatic carbocycles. The van der Waals surface area contributed by atoms with Crippen LogP contribution in [0.15, 0.2) is 48.5 Å². The first-order chi connectivity index (χ1) is 15.1. The second-order valence-corrected chi connectivity index (χ2v) is 8.84. The van der Waals surface area contributed by atoms with E-state index < -0.39 is 0 Å². The van der Waals surface area contributed by atoms with Gasteiger partial charge in [0.1, 0.15) is 5.75 Å². The van der Waals surface area contributed by atoms with E-state index in [1.807, 2.05) is 36.4 Å². The Bertz CT molecular complexity index is 861. The Labute approximate surface area is 185 Å². The Morgan fingerprint density at radius 3 is 2.68 bits per heavy atom. The molecule has 0 radical (unpaired) electrons. The van der Waals surface area contributed by atoms with Crippen molar-refractivity contribution in [2.45, 2.75) is 51.3 Å². The highest BCUT2D eigenvalue weighted by Gasteiger charge is 2.31. The van der Waals surface area contributed by atoms with Crippen LogP contribution in [0.3, 0.4) is 0 Å². The molecule has 166 valence electrons. The maximum atomic E-state index is 13.4. The SMILES string of the molecule is COc1cccc(CN2CCO[C@H](CN(C(=O)c3ccc(C)cc3)C3CCCC3)C2)c1. The van der Waals surface area contributed by atoms with Crippen LogP contribution < -0.4 is 4.74 Å². The van der Waals surface area contributed by atoms with E-state index in [1.165, 1.54) is 24.0 Å². The molecular weight excluding hydrogens is 388 g/mol. The van der Waals surface area contributed by atoms with E-state index >= 15 is 0 Å². The molecule has 0 N–H and O–H groups in total. The molecule has 0 aromatic heterocycles. The molecule has 2 aromatic rings. The fourth-order valence-corrected chi connectivity index (χ4v) is 4.76. The number of amides is 1. The summed E-state index contributed by atoms with van der Waals surface area (Å²) in [7, 11) is 1.70. The Morgan fingerprint density at radius 2 is 1.94 bits per heavy atom. The Balaban J connectivity index is 1.43. The molecule has 0 unspecified atom stereocenters. The standard InChI is InChI=1S/C26H34N2O3/c1-20-10-12-22(13-11-20)26(29)28(23-7-3-4-8-23)19-25-18-27(14-15-31-25)17-21-6-5-9-24(16-21)30-2/h5-6,9-13,16,23,25H,3-4,7-8,14-15,17-19H2,1-2H3/t25-/m0/s1. The van der Waals surface area contributed by atoms with Crippen LogP contribution in [0.25, 0.3) is 0 Å². The van der Waals surface area contributed by atoms with Crippen LogP contribution in [0.2, 0.25) is 0 Å². The lowest BCUT2D eigenvalue weighted by molar-refractivity contribution is -0.0468. The maximum absolute atomic E-state index is 13.4. The molecule has 1 aliphatic heterocycles. The van der Waals surface area contributed by atoms with Gasteiger partial charge in [0, 0.05) is 37.8 Å². The first-order valence-corrected chi connectivity index (χ1v) is 11.5. The normalized spacial score (nSPS) is 20.0. The number of ether oxygens (including phenoxy) is 2. The monoisotopic (exact) mass is 422 g/mol. The molecular formula is C26H34N2O3. The molecule has 1 saturated heterocycles.